The van der Waals surface area contributed by atoms with Gasteiger partial charge in [-0.1, -0.05) is 20.8 Å². The molecule has 1 saturated heterocycles. The highest BCUT2D eigenvalue weighted by Crippen LogP contribution is 2.06. The summed E-state index contributed by atoms with van der Waals surface area (Å²) < 4.78 is 0. The largest absolute Gasteiger partial charge is 0.301 e. The molecule has 3 nitrogen and oxygen atoms in total. The van der Waals surface area contributed by atoms with E-state index >= 15 is 0 Å². The summed E-state index contributed by atoms with van der Waals surface area (Å²) in [7, 11) is 0. The average molecular weight is 226 g/mol. The molecule has 0 spiro atoms. The summed E-state index contributed by atoms with van der Waals surface area (Å²) in [6, 6.07) is 0. The Bertz CT molecular complexity index is 208. The van der Waals surface area contributed by atoms with Gasteiger partial charge >= 0.3 is 0 Å². The predicted octanol–water partition coefficient (Wildman–Crippen LogP) is 1.63. The minimum absolute atomic E-state index is 0.371. The summed E-state index contributed by atoms with van der Waals surface area (Å²) in [6.07, 6.45) is 1.96. The molecule has 0 unspecified atom stereocenters. The van der Waals surface area contributed by atoms with Gasteiger partial charge in [0.05, 0.1) is 6.54 Å². The fourth-order valence-corrected chi connectivity index (χ4v) is 1.97. The summed E-state index contributed by atoms with van der Waals surface area (Å²) >= 11 is 0. The first-order valence-electron chi connectivity index (χ1n) is 6.58. The zero-order valence-electron chi connectivity index (χ0n) is 11.0. The normalized spacial score (nSPS) is 19.2. The van der Waals surface area contributed by atoms with Crippen molar-refractivity contribution in [2.24, 2.45) is 5.92 Å². The van der Waals surface area contributed by atoms with Crippen LogP contribution in [0.3, 0.4) is 0 Å². The third-order valence-corrected chi connectivity index (χ3v) is 3.28. The Kier molecular flexibility index (Phi) is 5.99. The van der Waals surface area contributed by atoms with E-state index in [4.69, 9.17) is 0 Å². The van der Waals surface area contributed by atoms with E-state index in [-0.39, 0.29) is 0 Å². The number of hydrogen-bond acceptors (Lipinski definition) is 3. The van der Waals surface area contributed by atoms with Crippen molar-refractivity contribution in [2.75, 3.05) is 39.3 Å². The van der Waals surface area contributed by atoms with E-state index in [1.807, 2.05) is 6.92 Å². The summed E-state index contributed by atoms with van der Waals surface area (Å²) in [5, 5.41) is 0. The molecule has 3 heteroatoms. The lowest BCUT2D eigenvalue weighted by molar-refractivity contribution is -0.120. The standard InChI is InChI=1S/C13H26N2O/c1-4-13(16)11-15-9-7-14(8-10-15)6-5-12(2)3/h12H,4-11H2,1-3H3. The maximum Gasteiger partial charge on any atom is 0.146 e. The number of piperazine rings is 1. The van der Waals surface area contributed by atoms with Crippen LogP contribution in [0.25, 0.3) is 0 Å². The van der Waals surface area contributed by atoms with Crippen molar-refractivity contribution in [1.29, 1.82) is 0 Å². The minimum Gasteiger partial charge on any atom is -0.301 e. The number of ketones is 1. The van der Waals surface area contributed by atoms with Gasteiger partial charge in [-0.05, 0) is 18.9 Å². The molecule has 1 fully saturated rings. The topological polar surface area (TPSA) is 23.6 Å². The molecule has 0 saturated carbocycles. The van der Waals surface area contributed by atoms with Crippen molar-refractivity contribution in [1.82, 2.24) is 9.80 Å². The Balaban J connectivity index is 2.16. The van der Waals surface area contributed by atoms with Crippen LogP contribution in [0.1, 0.15) is 33.6 Å². The molecule has 0 radical (unpaired) electrons. The lowest BCUT2D eigenvalue weighted by Crippen LogP contribution is -2.48. The van der Waals surface area contributed by atoms with Gasteiger partial charge in [0.25, 0.3) is 0 Å². The first kappa shape index (κ1) is 13.7. The second-order valence-corrected chi connectivity index (χ2v) is 5.19. The van der Waals surface area contributed by atoms with E-state index in [9.17, 15) is 4.79 Å². The van der Waals surface area contributed by atoms with Crippen LogP contribution in [0, 0.1) is 5.92 Å². The zero-order valence-corrected chi connectivity index (χ0v) is 11.0. The van der Waals surface area contributed by atoms with Crippen molar-refractivity contribution < 1.29 is 4.79 Å². The number of Topliss-reactive ketones (excluding diaryl/α,β-unsaturated/α-hetero) is 1. The first-order valence-corrected chi connectivity index (χ1v) is 6.58. The van der Waals surface area contributed by atoms with Gasteiger partial charge in [-0.3, -0.25) is 9.69 Å². The summed E-state index contributed by atoms with van der Waals surface area (Å²) in [5.41, 5.74) is 0. The van der Waals surface area contributed by atoms with Gasteiger partial charge in [-0.25, -0.2) is 0 Å². The average Bonchev–Trinajstić information content (AvgIpc) is 2.28. The van der Waals surface area contributed by atoms with Crippen molar-refractivity contribution >= 4 is 5.78 Å². The molecule has 0 aliphatic carbocycles. The van der Waals surface area contributed by atoms with Gasteiger partial charge in [0.15, 0.2) is 0 Å². The van der Waals surface area contributed by atoms with Gasteiger partial charge in [0, 0.05) is 32.6 Å². The van der Waals surface area contributed by atoms with Gasteiger partial charge in [0.1, 0.15) is 5.78 Å². The van der Waals surface area contributed by atoms with Gasteiger partial charge in [-0.2, -0.15) is 0 Å². The van der Waals surface area contributed by atoms with Crippen LogP contribution >= 0.6 is 0 Å². The van der Waals surface area contributed by atoms with E-state index in [1.165, 1.54) is 13.0 Å². The lowest BCUT2D eigenvalue weighted by Gasteiger charge is -2.34. The molecule has 94 valence electrons. The summed E-state index contributed by atoms with van der Waals surface area (Å²) in [4.78, 5) is 16.1. The molecular weight excluding hydrogens is 200 g/mol. The number of carbonyl (C=O) groups excluding carboxylic acids is 1. The minimum atomic E-state index is 0.371. The fourth-order valence-electron chi connectivity index (χ4n) is 1.97. The second-order valence-electron chi connectivity index (χ2n) is 5.19. The highest BCUT2D eigenvalue weighted by atomic mass is 16.1. The number of hydrogen-bond donors (Lipinski definition) is 0. The molecule has 0 amide bonds. The van der Waals surface area contributed by atoms with E-state index < -0.39 is 0 Å². The van der Waals surface area contributed by atoms with Gasteiger partial charge in [-0.15, -0.1) is 0 Å². The quantitative estimate of drug-likeness (QED) is 0.688. The summed E-state index contributed by atoms with van der Waals surface area (Å²) in [5.74, 6) is 1.16. The van der Waals surface area contributed by atoms with Crippen molar-refractivity contribution in [3.05, 3.63) is 0 Å². The van der Waals surface area contributed by atoms with Crippen LogP contribution in [0.5, 0.6) is 0 Å². The molecule has 1 aliphatic rings. The molecule has 0 N–H and O–H groups in total. The molecule has 0 aromatic heterocycles. The van der Waals surface area contributed by atoms with Crippen LogP contribution in [-0.2, 0) is 4.79 Å². The number of nitrogens with zero attached hydrogens (tertiary/aromatic N) is 2. The Morgan fingerprint density at radius 1 is 1.12 bits per heavy atom. The zero-order chi connectivity index (χ0) is 12.0. The first-order chi connectivity index (χ1) is 7.61. The van der Waals surface area contributed by atoms with Crippen molar-refractivity contribution in [3.63, 3.8) is 0 Å². The Labute approximate surface area is 99.8 Å². The second kappa shape index (κ2) is 7.02. The maximum atomic E-state index is 11.3. The third-order valence-electron chi connectivity index (χ3n) is 3.28. The molecular formula is C13H26N2O. The molecule has 16 heavy (non-hydrogen) atoms. The molecule has 1 heterocycles. The molecule has 1 rings (SSSR count). The molecule has 1 aliphatic heterocycles. The van der Waals surface area contributed by atoms with Crippen LogP contribution in [-0.4, -0.2) is 54.9 Å². The predicted molar refractivity (Wildman–Crippen MR) is 67.6 cm³/mol. The fraction of sp³-hybridized carbons (Fsp3) is 0.923. The summed E-state index contributed by atoms with van der Waals surface area (Å²) in [6.45, 7) is 12.7. The van der Waals surface area contributed by atoms with Crippen LogP contribution in [0.2, 0.25) is 0 Å². The van der Waals surface area contributed by atoms with Crippen molar-refractivity contribution in [3.8, 4) is 0 Å². The SMILES string of the molecule is CCC(=O)CN1CCN(CCC(C)C)CC1. The van der Waals surface area contributed by atoms with Crippen LogP contribution < -0.4 is 0 Å². The Hall–Kier alpha value is -0.410. The van der Waals surface area contributed by atoms with Crippen LogP contribution in [0.4, 0.5) is 0 Å². The van der Waals surface area contributed by atoms with Gasteiger partial charge < -0.3 is 4.90 Å². The third kappa shape index (κ3) is 5.08. The monoisotopic (exact) mass is 226 g/mol. The molecule has 0 bridgehead atoms. The van der Waals surface area contributed by atoms with Gasteiger partial charge in [0.2, 0.25) is 0 Å². The molecule has 0 aromatic carbocycles. The smallest absolute Gasteiger partial charge is 0.146 e. The molecule has 0 aromatic rings. The Morgan fingerprint density at radius 3 is 2.19 bits per heavy atom. The number of carbonyl (C=O) groups is 1. The lowest BCUT2D eigenvalue weighted by atomic mass is 10.1. The number of rotatable bonds is 6. The highest BCUT2D eigenvalue weighted by molar-refractivity contribution is 5.80. The van der Waals surface area contributed by atoms with E-state index in [2.05, 4.69) is 23.6 Å². The van der Waals surface area contributed by atoms with E-state index in [0.717, 1.165) is 32.1 Å². The van der Waals surface area contributed by atoms with Crippen LogP contribution in [0.15, 0.2) is 0 Å². The highest BCUT2D eigenvalue weighted by Gasteiger charge is 2.17. The molecule has 0 atom stereocenters. The maximum absolute atomic E-state index is 11.3. The van der Waals surface area contributed by atoms with E-state index in [0.29, 0.717) is 18.7 Å². The van der Waals surface area contributed by atoms with Crippen molar-refractivity contribution in [2.45, 2.75) is 33.6 Å². The van der Waals surface area contributed by atoms with E-state index in [1.54, 1.807) is 0 Å². The Morgan fingerprint density at radius 2 is 1.69 bits per heavy atom.